The van der Waals surface area contributed by atoms with Crippen LogP contribution in [0.25, 0.3) is 0 Å². The van der Waals surface area contributed by atoms with E-state index in [0.717, 1.165) is 7.11 Å². The molecule has 1 aliphatic heterocycles. The zero-order chi connectivity index (χ0) is 11.5. The van der Waals surface area contributed by atoms with Gasteiger partial charge in [0.15, 0.2) is 0 Å². The van der Waals surface area contributed by atoms with Crippen LogP contribution < -0.4 is 4.89 Å². The minimum absolute atomic E-state index is 0.0163. The van der Waals surface area contributed by atoms with Gasteiger partial charge >= 0.3 is 0 Å². The van der Waals surface area contributed by atoms with Gasteiger partial charge in [0, 0.05) is 14.2 Å². The highest BCUT2D eigenvalue weighted by Gasteiger charge is 2.39. The third-order valence-corrected chi connectivity index (χ3v) is 2.98. The van der Waals surface area contributed by atoms with Crippen LogP contribution in [0.15, 0.2) is 0 Å². The first kappa shape index (κ1) is 13.1. The summed E-state index contributed by atoms with van der Waals surface area (Å²) in [7, 11) is -1.94. The molecular formula is C7H14O7P-. The smallest absolute Gasteiger partial charge is 0.268 e. The summed E-state index contributed by atoms with van der Waals surface area (Å²) in [6, 6.07) is 0. The van der Waals surface area contributed by atoms with Crippen molar-refractivity contribution in [3.05, 3.63) is 0 Å². The molecule has 7 nitrogen and oxygen atoms in total. The lowest BCUT2D eigenvalue weighted by atomic mass is 10.2. The van der Waals surface area contributed by atoms with Gasteiger partial charge in [0.05, 0.1) is 13.2 Å². The van der Waals surface area contributed by atoms with Crippen molar-refractivity contribution in [3.63, 3.8) is 0 Å². The van der Waals surface area contributed by atoms with E-state index in [4.69, 9.17) is 9.47 Å². The van der Waals surface area contributed by atoms with Gasteiger partial charge in [-0.15, -0.1) is 0 Å². The fourth-order valence-electron chi connectivity index (χ4n) is 1.30. The van der Waals surface area contributed by atoms with Crippen LogP contribution in [0.3, 0.4) is 0 Å². The first-order chi connectivity index (χ1) is 7.00. The van der Waals surface area contributed by atoms with Crippen molar-refractivity contribution in [2.24, 2.45) is 0 Å². The molecule has 0 amide bonds. The fourth-order valence-corrected chi connectivity index (χ4v) is 1.96. The zero-order valence-corrected chi connectivity index (χ0v) is 9.38. The van der Waals surface area contributed by atoms with Gasteiger partial charge in [0.2, 0.25) is 0 Å². The molecule has 15 heavy (non-hydrogen) atoms. The standard InChI is InChI=1S/C7H15O7P/c1-11-4-6-7(5(8)3-13-6)14-15(9,10)12-2/h5-8H,3-4H2,1-2H3,(H,9,10)/p-1/t5-,6-,7?/m1/s1. The first-order valence-corrected chi connectivity index (χ1v) is 5.80. The molecule has 0 aromatic carbocycles. The second-order valence-electron chi connectivity index (χ2n) is 3.09. The van der Waals surface area contributed by atoms with Gasteiger partial charge in [-0.1, -0.05) is 0 Å². The van der Waals surface area contributed by atoms with Gasteiger partial charge in [-0.25, -0.2) is 0 Å². The number of methoxy groups -OCH3 is 1. The van der Waals surface area contributed by atoms with Crippen molar-refractivity contribution in [2.75, 3.05) is 27.4 Å². The summed E-state index contributed by atoms with van der Waals surface area (Å²) in [5.74, 6) is 0. The Balaban J connectivity index is 2.60. The minimum atomic E-state index is -4.37. The highest BCUT2D eigenvalue weighted by molar-refractivity contribution is 7.45. The topological polar surface area (TPSA) is 97.3 Å². The lowest BCUT2D eigenvalue weighted by Crippen LogP contribution is -2.36. The molecule has 1 aliphatic rings. The predicted octanol–water partition coefficient (Wildman–Crippen LogP) is -1.11. The van der Waals surface area contributed by atoms with Crippen molar-refractivity contribution >= 4 is 7.82 Å². The molecule has 1 fully saturated rings. The van der Waals surface area contributed by atoms with Crippen LogP contribution in [0.2, 0.25) is 0 Å². The third kappa shape index (κ3) is 3.49. The van der Waals surface area contributed by atoms with Crippen LogP contribution in [0.5, 0.6) is 0 Å². The number of phosphoric ester groups is 1. The van der Waals surface area contributed by atoms with Gasteiger partial charge in [0.1, 0.15) is 18.3 Å². The van der Waals surface area contributed by atoms with Crippen molar-refractivity contribution in [2.45, 2.75) is 18.3 Å². The van der Waals surface area contributed by atoms with E-state index in [1.165, 1.54) is 7.11 Å². The first-order valence-electron chi connectivity index (χ1n) is 4.34. The van der Waals surface area contributed by atoms with Gasteiger partial charge in [-0.3, -0.25) is 4.57 Å². The summed E-state index contributed by atoms with van der Waals surface area (Å²) in [5, 5.41) is 9.42. The Kier molecular flexibility index (Phi) is 4.66. The van der Waals surface area contributed by atoms with Crippen molar-refractivity contribution in [1.82, 2.24) is 0 Å². The van der Waals surface area contributed by atoms with Crippen LogP contribution in [0.4, 0.5) is 0 Å². The predicted molar refractivity (Wildman–Crippen MR) is 47.1 cm³/mol. The highest BCUT2D eigenvalue weighted by Crippen LogP contribution is 2.41. The van der Waals surface area contributed by atoms with Gasteiger partial charge < -0.3 is 28.5 Å². The number of ether oxygens (including phenoxy) is 2. The number of rotatable bonds is 5. The number of hydrogen-bond donors (Lipinski definition) is 1. The molecule has 0 aliphatic carbocycles. The van der Waals surface area contributed by atoms with Crippen LogP contribution in [-0.4, -0.2) is 50.9 Å². The summed E-state index contributed by atoms with van der Waals surface area (Å²) in [6.07, 6.45) is -2.58. The van der Waals surface area contributed by atoms with E-state index in [9.17, 15) is 14.6 Å². The summed E-state index contributed by atoms with van der Waals surface area (Å²) < 4.78 is 29.7. The SMILES string of the molecule is COC[C@H]1OC[C@@H](O)C1OP(=O)([O-])OC. The van der Waals surface area contributed by atoms with E-state index in [1.807, 2.05) is 0 Å². The Bertz CT molecular complexity index is 243. The highest BCUT2D eigenvalue weighted by atomic mass is 31.2. The molecule has 8 heteroatoms. The van der Waals surface area contributed by atoms with Crippen LogP contribution >= 0.6 is 7.82 Å². The zero-order valence-electron chi connectivity index (χ0n) is 8.49. The van der Waals surface area contributed by atoms with Crippen molar-refractivity contribution in [3.8, 4) is 0 Å². The minimum Gasteiger partial charge on any atom is -0.756 e. The van der Waals surface area contributed by atoms with Crippen molar-refractivity contribution in [1.29, 1.82) is 0 Å². The molecule has 1 rings (SSSR count). The molecular weight excluding hydrogens is 227 g/mol. The van der Waals surface area contributed by atoms with E-state index in [-0.39, 0.29) is 13.2 Å². The number of aliphatic hydroxyl groups excluding tert-OH is 1. The lowest BCUT2D eigenvalue weighted by molar-refractivity contribution is -0.231. The number of hydrogen-bond acceptors (Lipinski definition) is 7. The molecule has 90 valence electrons. The second-order valence-corrected chi connectivity index (χ2v) is 4.56. The molecule has 0 aromatic heterocycles. The number of phosphoric acid groups is 1. The molecule has 0 spiro atoms. The number of aliphatic hydroxyl groups is 1. The lowest BCUT2D eigenvalue weighted by Gasteiger charge is -2.28. The normalized spacial score (nSPS) is 35.3. The molecule has 1 N–H and O–H groups in total. The monoisotopic (exact) mass is 241 g/mol. The van der Waals surface area contributed by atoms with E-state index < -0.39 is 26.1 Å². The van der Waals surface area contributed by atoms with Crippen LogP contribution in [-0.2, 0) is 23.1 Å². The van der Waals surface area contributed by atoms with Crippen LogP contribution in [0, 0.1) is 0 Å². The maximum absolute atomic E-state index is 11.0. The maximum atomic E-state index is 11.0. The second kappa shape index (κ2) is 5.36. The average molecular weight is 241 g/mol. The molecule has 0 radical (unpaired) electrons. The van der Waals surface area contributed by atoms with Gasteiger partial charge in [-0.2, -0.15) is 0 Å². The molecule has 0 bridgehead atoms. The summed E-state index contributed by atoms with van der Waals surface area (Å²) >= 11 is 0. The van der Waals surface area contributed by atoms with E-state index in [1.54, 1.807) is 0 Å². The largest absolute Gasteiger partial charge is 0.756 e. The van der Waals surface area contributed by atoms with E-state index in [2.05, 4.69) is 9.05 Å². The Morgan fingerprint density at radius 2 is 2.27 bits per heavy atom. The molecule has 1 heterocycles. The molecule has 1 saturated heterocycles. The quantitative estimate of drug-likeness (QED) is 0.609. The molecule has 4 atom stereocenters. The fraction of sp³-hybridized carbons (Fsp3) is 1.00. The van der Waals surface area contributed by atoms with E-state index >= 15 is 0 Å². The Labute approximate surface area is 87.5 Å². The van der Waals surface area contributed by atoms with Gasteiger partial charge in [-0.05, 0) is 0 Å². The Morgan fingerprint density at radius 1 is 1.60 bits per heavy atom. The Morgan fingerprint density at radius 3 is 2.80 bits per heavy atom. The van der Waals surface area contributed by atoms with Crippen LogP contribution in [0.1, 0.15) is 0 Å². The van der Waals surface area contributed by atoms with E-state index in [0.29, 0.717) is 0 Å². The maximum Gasteiger partial charge on any atom is 0.268 e. The Hall–Kier alpha value is -0.0100. The van der Waals surface area contributed by atoms with Gasteiger partial charge in [0.25, 0.3) is 7.82 Å². The third-order valence-electron chi connectivity index (χ3n) is 2.03. The molecule has 2 unspecified atom stereocenters. The summed E-state index contributed by atoms with van der Waals surface area (Å²) in [4.78, 5) is 11.0. The summed E-state index contributed by atoms with van der Waals surface area (Å²) in [6.45, 7) is 0.161. The average Bonchev–Trinajstić information content (AvgIpc) is 2.50. The van der Waals surface area contributed by atoms with Crippen molar-refractivity contribution < 1.29 is 33.1 Å². The molecule has 0 aromatic rings. The summed E-state index contributed by atoms with van der Waals surface area (Å²) in [5.41, 5.74) is 0. The molecule has 0 saturated carbocycles.